The lowest BCUT2D eigenvalue weighted by atomic mass is 10.2. The van der Waals surface area contributed by atoms with Crippen LogP contribution in [0.5, 0.6) is 0 Å². The zero-order chi connectivity index (χ0) is 14.5. The molecule has 0 amide bonds. The second-order valence-electron chi connectivity index (χ2n) is 3.75. The Kier molecular flexibility index (Phi) is 3.74. The summed E-state index contributed by atoms with van der Waals surface area (Å²) >= 11 is 0. The van der Waals surface area contributed by atoms with Gasteiger partial charge < -0.3 is 10.7 Å². The number of anilines is 3. The summed E-state index contributed by atoms with van der Waals surface area (Å²) in [5, 5.41) is 22.8. The van der Waals surface area contributed by atoms with Crippen molar-refractivity contribution in [3.8, 4) is 6.07 Å². The minimum absolute atomic E-state index is 0.00755. The largest absolute Gasteiger partial charge is 0.333 e. The van der Waals surface area contributed by atoms with E-state index in [0.717, 1.165) is 0 Å². The molecule has 0 unspecified atom stereocenters. The first kappa shape index (κ1) is 13.3. The smallest absolute Gasteiger partial charge is 0.311 e. The summed E-state index contributed by atoms with van der Waals surface area (Å²) in [6.07, 6.45) is 0. The van der Waals surface area contributed by atoms with E-state index in [1.54, 1.807) is 24.3 Å². The zero-order valence-electron chi connectivity index (χ0n) is 10.2. The molecule has 0 radical (unpaired) electrons. The van der Waals surface area contributed by atoms with Gasteiger partial charge in [-0.3, -0.25) is 10.1 Å². The summed E-state index contributed by atoms with van der Waals surface area (Å²) in [6, 6.07) is 11.3. The summed E-state index contributed by atoms with van der Waals surface area (Å²) in [4.78, 5) is 14.4. The van der Waals surface area contributed by atoms with Crippen LogP contribution in [-0.4, -0.2) is 9.91 Å². The summed E-state index contributed by atoms with van der Waals surface area (Å²) in [6.45, 7) is 0. The summed E-state index contributed by atoms with van der Waals surface area (Å²) in [5.41, 5.74) is 2.88. The molecule has 0 aliphatic carbocycles. The Morgan fingerprint density at radius 1 is 1.30 bits per heavy atom. The number of hydrogen-bond donors (Lipinski definition) is 3. The van der Waals surface area contributed by atoms with Crippen molar-refractivity contribution < 1.29 is 4.92 Å². The number of benzene rings is 1. The van der Waals surface area contributed by atoms with E-state index in [1.807, 2.05) is 6.07 Å². The van der Waals surface area contributed by atoms with Gasteiger partial charge in [-0.25, -0.2) is 10.8 Å². The van der Waals surface area contributed by atoms with Gasteiger partial charge in [0.15, 0.2) is 0 Å². The summed E-state index contributed by atoms with van der Waals surface area (Å²) in [7, 11) is 0. The van der Waals surface area contributed by atoms with E-state index < -0.39 is 4.92 Å². The SMILES string of the molecule is N#Cc1ccccc1Nc1nc(NN)ccc1[N+](=O)[O-]. The highest BCUT2D eigenvalue weighted by atomic mass is 16.6. The van der Waals surface area contributed by atoms with Crippen LogP contribution in [0.2, 0.25) is 0 Å². The van der Waals surface area contributed by atoms with Gasteiger partial charge in [0, 0.05) is 6.07 Å². The van der Waals surface area contributed by atoms with Crippen LogP contribution in [0.25, 0.3) is 0 Å². The van der Waals surface area contributed by atoms with Gasteiger partial charge in [0.1, 0.15) is 11.9 Å². The predicted octanol–water partition coefficient (Wildman–Crippen LogP) is 1.89. The molecule has 20 heavy (non-hydrogen) atoms. The van der Waals surface area contributed by atoms with Crippen molar-refractivity contribution in [2.24, 2.45) is 5.84 Å². The van der Waals surface area contributed by atoms with Crippen molar-refractivity contribution >= 4 is 23.0 Å². The molecule has 0 spiro atoms. The van der Waals surface area contributed by atoms with Crippen molar-refractivity contribution in [2.45, 2.75) is 0 Å². The number of hydrogen-bond acceptors (Lipinski definition) is 7. The van der Waals surface area contributed by atoms with Crippen LogP contribution in [0.1, 0.15) is 5.56 Å². The highest BCUT2D eigenvalue weighted by Gasteiger charge is 2.17. The third-order valence-electron chi connectivity index (χ3n) is 2.52. The Hall–Kier alpha value is -3.18. The van der Waals surface area contributed by atoms with Crippen LogP contribution in [0, 0.1) is 21.4 Å². The molecule has 0 aliphatic heterocycles. The average molecular weight is 270 g/mol. The number of nitrogens with zero attached hydrogens (tertiary/aromatic N) is 3. The summed E-state index contributed by atoms with van der Waals surface area (Å²) in [5.74, 6) is 5.51. The van der Waals surface area contributed by atoms with Gasteiger partial charge >= 0.3 is 5.69 Å². The molecule has 2 rings (SSSR count). The number of hydrazine groups is 1. The predicted molar refractivity (Wildman–Crippen MR) is 73.1 cm³/mol. The normalized spacial score (nSPS) is 9.60. The standard InChI is InChI=1S/C12H10N6O2/c13-7-8-3-1-2-4-9(8)15-12-10(18(19)20)5-6-11(16-12)17-14/h1-6H,14H2,(H2,15,16,17). The molecule has 0 aliphatic rings. The Morgan fingerprint density at radius 3 is 2.70 bits per heavy atom. The number of nitrogen functional groups attached to an aromatic ring is 1. The number of aromatic nitrogens is 1. The molecule has 8 heteroatoms. The maximum Gasteiger partial charge on any atom is 0.311 e. The number of rotatable bonds is 4. The van der Waals surface area contributed by atoms with E-state index in [0.29, 0.717) is 11.3 Å². The molecule has 0 fully saturated rings. The highest BCUT2D eigenvalue weighted by Crippen LogP contribution is 2.28. The number of pyridine rings is 1. The van der Waals surface area contributed by atoms with Crippen molar-refractivity contribution in [2.75, 3.05) is 10.7 Å². The lowest BCUT2D eigenvalue weighted by molar-refractivity contribution is -0.384. The van der Waals surface area contributed by atoms with Crippen LogP contribution in [-0.2, 0) is 0 Å². The number of nitrogens with two attached hydrogens (primary N) is 1. The number of para-hydroxylation sites is 1. The van der Waals surface area contributed by atoms with Gasteiger partial charge in [0.25, 0.3) is 0 Å². The van der Waals surface area contributed by atoms with E-state index in [1.165, 1.54) is 12.1 Å². The monoisotopic (exact) mass is 270 g/mol. The second kappa shape index (κ2) is 5.64. The Balaban J connectivity index is 2.46. The van der Waals surface area contributed by atoms with Crippen LogP contribution in [0.15, 0.2) is 36.4 Å². The Bertz CT molecular complexity index is 695. The van der Waals surface area contributed by atoms with Crippen molar-refractivity contribution in [3.63, 3.8) is 0 Å². The Morgan fingerprint density at radius 2 is 2.05 bits per heavy atom. The minimum Gasteiger partial charge on any atom is -0.333 e. The van der Waals surface area contributed by atoms with Crippen LogP contribution in [0.3, 0.4) is 0 Å². The molecule has 100 valence electrons. The van der Waals surface area contributed by atoms with Crippen LogP contribution >= 0.6 is 0 Å². The topological polar surface area (TPSA) is 130 Å². The molecule has 8 nitrogen and oxygen atoms in total. The number of nitrogens with one attached hydrogen (secondary N) is 2. The second-order valence-corrected chi connectivity index (χ2v) is 3.75. The maximum atomic E-state index is 11.0. The molecule has 4 N–H and O–H groups in total. The third-order valence-corrected chi connectivity index (χ3v) is 2.52. The average Bonchev–Trinajstić information content (AvgIpc) is 2.47. The highest BCUT2D eigenvalue weighted by molar-refractivity contribution is 5.71. The quantitative estimate of drug-likeness (QED) is 0.439. The number of nitriles is 1. The van der Waals surface area contributed by atoms with E-state index in [9.17, 15) is 10.1 Å². The molecule has 1 heterocycles. The first-order chi connectivity index (χ1) is 9.65. The zero-order valence-corrected chi connectivity index (χ0v) is 10.2. The molecule has 0 saturated carbocycles. The molecular weight excluding hydrogens is 260 g/mol. The van der Waals surface area contributed by atoms with Crippen molar-refractivity contribution in [1.82, 2.24) is 4.98 Å². The maximum absolute atomic E-state index is 11.0. The van der Waals surface area contributed by atoms with Gasteiger partial charge in [-0.2, -0.15) is 5.26 Å². The van der Waals surface area contributed by atoms with Crippen LogP contribution < -0.4 is 16.6 Å². The molecular formula is C12H10N6O2. The lowest BCUT2D eigenvalue weighted by Crippen LogP contribution is -2.10. The first-order valence-electron chi connectivity index (χ1n) is 5.54. The third kappa shape index (κ3) is 2.63. The Labute approximate surface area is 114 Å². The molecule has 1 aromatic heterocycles. The van der Waals surface area contributed by atoms with Gasteiger partial charge in [0.2, 0.25) is 5.82 Å². The lowest BCUT2D eigenvalue weighted by Gasteiger charge is -2.09. The molecule has 2 aromatic rings. The first-order valence-corrected chi connectivity index (χ1v) is 5.54. The van der Waals surface area contributed by atoms with Crippen LogP contribution in [0.4, 0.5) is 23.0 Å². The van der Waals surface area contributed by atoms with Gasteiger partial charge in [-0.1, -0.05) is 12.1 Å². The fourth-order valence-electron chi connectivity index (χ4n) is 1.59. The minimum atomic E-state index is -0.565. The van der Waals surface area contributed by atoms with E-state index in [-0.39, 0.29) is 17.3 Å². The van der Waals surface area contributed by atoms with Gasteiger partial charge in [0.05, 0.1) is 16.2 Å². The fourth-order valence-corrected chi connectivity index (χ4v) is 1.59. The fraction of sp³-hybridized carbons (Fsp3) is 0. The van der Waals surface area contributed by atoms with E-state index >= 15 is 0 Å². The van der Waals surface area contributed by atoms with Crippen molar-refractivity contribution in [3.05, 3.63) is 52.1 Å². The molecule has 0 atom stereocenters. The molecule has 1 aromatic carbocycles. The van der Waals surface area contributed by atoms with Gasteiger partial charge in [-0.05, 0) is 18.2 Å². The molecule has 0 saturated heterocycles. The van der Waals surface area contributed by atoms with Crippen molar-refractivity contribution in [1.29, 1.82) is 5.26 Å². The number of nitro groups is 1. The summed E-state index contributed by atoms with van der Waals surface area (Å²) < 4.78 is 0. The van der Waals surface area contributed by atoms with Gasteiger partial charge in [-0.15, -0.1) is 0 Å². The molecule has 0 bridgehead atoms. The van der Waals surface area contributed by atoms with E-state index in [2.05, 4.69) is 15.7 Å². The van der Waals surface area contributed by atoms with E-state index in [4.69, 9.17) is 11.1 Å².